The van der Waals surface area contributed by atoms with E-state index in [1.807, 2.05) is 0 Å². The lowest BCUT2D eigenvalue weighted by molar-refractivity contribution is 0.850. The molecule has 0 bridgehead atoms. The Kier molecular flexibility index (Phi) is 4.63. The van der Waals surface area contributed by atoms with Crippen molar-refractivity contribution in [3.63, 3.8) is 0 Å². The molecule has 2 unspecified atom stereocenters. The molecule has 0 radical (unpaired) electrons. The predicted molar refractivity (Wildman–Crippen MR) is 113 cm³/mol. The highest BCUT2D eigenvalue weighted by Gasteiger charge is 2.42. The molecule has 2 aromatic rings. The van der Waals surface area contributed by atoms with Crippen LogP contribution in [-0.2, 0) is 0 Å². The van der Waals surface area contributed by atoms with E-state index < -0.39 is 8.07 Å². The summed E-state index contributed by atoms with van der Waals surface area (Å²) in [4.78, 5) is 0. The topological polar surface area (TPSA) is 0 Å². The minimum Gasteiger partial charge on any atom is -0.0636 e. The molecule has 25 heavy (non-hydrogen) atoms. The summed E-state index contributed by atoms with van der Waals surface area (Å²) in [5.41, 5.74) is 7.32. The molecule has 1 heteroatoms. The fraction of sp³-hybridized carbons (Fsp3) is 0.333. The van der Waals surface area contributed by atoms with Crippen molar-refractivity contribution >= 4 is 18.4 Å². The van der Waals surface area contributed by atoms with Gasteiger partial charge in [-0.3, -0.25) is 0 Å². The molecule has 2 aromatic carbocycles. The first kappa shape index (κ1) is 17.9. The van der Waals surface area contributed by atoms with Crippen molar-refractivity contribution in [2.75, 3.05) is 0 Å². The number of hydrogen-bond donors (Lipinski definition) is 0. The molecular weight excluding hydrogens is 316 g/mol. The lowest BCUT2D eigenvalue weighted by Gasteiger charge is -2.35. The van der Waals surface area contributed by atoms with Gasteiger partial charge in [0.05, 0.1) is 0 Å². The maximum Gasteiger partial charge on any atom is 0.142 e. The zero-order valence-corrected chi connectivity index (χ0v) is 17.7. The van der Waals surface area contributed by atoms with Gasteiger partial charge in [-0.15, -0.1) is 0 Å². The van der Waals surface area contributed by atoms with Gasteiger partial charge in [-0.2, -0.15) is 0 Å². The summed E-state index contributed by atoms with van der Waals surface area (Å²) in [5, 5.41) is 4.75. The van der Waals surface area contributed by atoms with Gasteiger partial charge in [-0.05, 0) is 56.5 Å². The molecule has 0 fully saturated rings. The Morgan fingerprint density at radius 3 is 1.76 bits per heavy atom. The number of allylic oxidation sites excluding steroid dienone is 4. The van der Waals surface area contributed by atoms with Crippen molar-refractivity contribution in [3.05, 3.63) is 81.6 Å². The number of rotatable bonds is 3. The molecule has 0 aliphatic heterocycles. The third-order valence-electron chi connectivity index (χ3n) is 6.33. The lowest BCUT2D eigenvalue weighted by Crippen LogP contribution is -2.59. The van der Waals surface area contributed by atoms with Crippen molar-refractivity contribution in [2.45, 2.75) is 48.1 Å². The van der Waals surface area contributed by atoms with Gasteiger partial charge in [0.2, 0.25) is 0 Å². The van der Waals surface area contributed by atoms with Crippen molar-refractivity contribution < 1.29 is 0 Å². The maximum atomic E-state index is 2.55. The van der Waals surface area contributed by atoms with Crippen LogP contribution >= 0.6 is 0 Å². The Morgan fingerprint density at radius 1 is 0.720 bits per heavy atom. The summed E-state index contributed by atoms with van der Waals surface area (Å²) in [5.74, 6) is 0.540. The average Bonchev–Trinajstić information content (AvgIpc) is 2.78. The van der Waals surface area contributed by atoms with Crippen LogP contribution in [0.3, 0.4) is 0 Å². The molecule has 0 aromatic heterocycles. The molecule has 0 heterocycles. The van der Waals surface area contributed by atoms with Gasteiger partial charge in [-0.25, -0.2) is 0 Å². The standard InChI is InChI=1S/C24H30Si/c1-16-13-17(2)15-23(14-16)25(7,22-11-9-8-10-12-22)24-20(5)18(3)19(4)21(24)6/h8-15,20H,1-7H3. The van der Waals surface area contributed by atoms with Gasteiger partial charge in [0.25, 0.3) is 0 Å². The number of aryl methyl sites for hydroxylation is 2. The second-order valence-corrected chi connectivity index (χ2v) is 11.9. The Morgan fingerprint density at radius 2 is 1.28 bits per heavy atom. The van der Waals surface area contributed by atoms with Crippen LogP contribution in [-0.4, -0.2) is 8.07 Å². The largest absolute Gasteiger partial charge is 0.142 e. The van der Waals surface area contributed by atoms with E-state index in [0.717, 1.165) is 0 Å². The van der Waals surface area contributed by atoms with Crippen LogP contribution in [0.4, 0.5) is 0 Å². The van der Waals surface area contributed by atoms with Gasteiger partial charge < -0.3 is 0 Å². The second-order valence-electron chi connectivity index (χ2n) is 7.94. The summed E-state index contributed by atoms with van der Waals surface area (Å²) in [6.45, 7) is 16.4. The normalized spacial score (nSPS) is 20.2. The molecule has 0 saturated heterocycles. The van der Waals surface area contributed by atoms with E-state index in [2.05, 4.69) is 96.6 Å². The van der Waals surface area contributed by atoms with Crippen molar-refractivity contribution in [1.82, 2.24) is 0 Å². The van der Waals surface area contributed by atoms with Crippen LogP contribution in [0.1, 0.15) is 38.8 Å². The maximum absolute atomic E-state index is 2.55. The fourth-order valence-corrected chi connectivity index (χ4v) is 9.55. The first-order chi connectivity index (χ1) is 11.8. The predicted octanol–water partition coefficient (Wildman–Crippen LogP) is 5.34. The van der Waals surface area contributed by atoms with E-state index >= 15 is 0 Å². The number of hydrogen-bond acceptors (Lipinski definition) is 0. The van der Waals surface area contributed by atoms with E-state index in [0.29, 0.717) is 5.92 Å². The van der Waals surface area contributed by atoms with Crippen molar-refractivity contribution in [1.29, 1.82) is 0 Å². The van der Waals surface area contributed by atoms with Crippen LogP contribution in [0.25, 0.3) is 0 Å². The highest BCUT2D eigenvalue weighted by molar-refractivity contribution is 7.06. The van der Waals surface area contributed by atoms with Gasteiger partial charge in [-0.1, -0.05) is 89.5 Å². The monoisotopic (exact) mass is 346 g/mol. The van der Waals surface area contributed by atoms with Crippen LogP contribution < -0.4 is 10.4 Å². The summed E-state index contributed by atoms with van der Waals surface area (Å²) >= 11 is 0. The van der Waals surface area contributed by atoms with Crippen LogP contribution in [0.2, 0.25) is 6.55 Å². The average molecular weight is 347 g/mol. The lowest BCUT2D eigenvalue weighted by atomic mass is 10.1. The Bertz CT molecular complexity index is 850. The quantitative estimate of drug-likeness (QED) is 0.658. The molecule has 0 saturated carbocycles. The number of benzene rings is 2. The SMILES string of the molecule is CC1=C(C)C(C)C([Si](C)(c2ccccc2)c2cc(C)cc(C)c2)=C1C. The van der Waals surface area contributed by atoms with E-state index in [1.54, 1.807) is 16.0 Å². The molecule has 130 valence electrons. The molecule has 0 nitrogen and oxygen atoms in total. The minimum absolute atomic E-state index is 0.540. The van der Waals surface area contributed by atoms with Gasteiger partial charge >= 0.3 is 0 Å². The molecule has 0 N–H and O–H groups in total. The minimum atomic E-state index is -2.00. The smallest absolute Gasteiger partial charge is 0.0636 e. The van der Waals surface area contributed by atoms with E-state index in [1.165, 1.54) is 27.5 Å². The van der Waals surface area contributed by atoms with Crippen LogP contribution in [0, 0.1) is 19.8 Å². The Labute approximate surface area is 154 Å². The molecule has 0 spiro atoms. The third-order valence-corrected chi connectivity index (χ3v) is 11.1. The van der Waals surface area contributed by atoms with Gasteiger partial charge in [0.1, 0.15) is 8.07 Å². The van der Waals surface area contributed by atoms with Gasteiger partial charge in [0.15, 0.2) is 0 Å². The molecule has 3 rings (SSSR count). The molecular formula is C24H30Si. The van der Waals surface area contributed by atoms with Gasteiger partial charge in [0, 0.05) is 0 Å². The van der Waals surface area contributed by atoms with Crippen molar-refractivity contribution in [3.8, 4) is 0 Å². The van der Waals surface area contributed by atoms with Crippen LogP contribution in [0.15, 0.2) is 70.4 Å². The highest BCUT2D eigenvalue weighted by Crippen LogP contribution is 2.41. The summed E-state index contributed by atoms with van der Waals surface area (Å²) < 4.78 is 0. The zero-order chi connectivity index (χ0) is 18.4. The Balaban J connectivity index is 2.33. The third kappa shape index (κ3) is 2.85. The van der Waals surface area contributed by atoms with E-state index in [4.69, 9.17) is 0 Å². The second kappa shape index (κ2) is 6.46. The zero-order valence-electron chi connectivity index (χ0n) is 16.7. The van der Waals surface area contributed by atoms with Crippen LogP contribution in [0.5, 0.6) is 0 Å². The van der Waals surface area contributed by atoms with E-state index in [9.17, 15) is 0 Å². The molecule has 1 aliphatic carbocycles. The Hall–Kier alpha value is -1.86. The van der Waals surface area contributed by atoms with Crippen molar-refractivity contribution in [2.24, 2.45) is 5.92 Å². The summed E-state index contributed by atoms with van der Waals surface area (Å²) in [6.07, 6.45) is 0. The summed E-state index contributed by atoms with van der Waals surface area (Å²) in [7, 11) is -2.00. The molecule has 1 aliphatic rings. The first-order valence-electron chi connectivity index (χ1n) is 9.30. The highest BCUT2D eigenvalue weighted by atomic mass is 28.3. The molecule has 0 amide bonds. The first-order valence-corrected chi connectivity index (χ1v) is 11.8. The molecule has 2 atom stereocenters. The summed E-state index contributed by atoms with van der Waals surface area (Å²) in [6, 6.07) is 18.4. The van der Waals surface area contributed by atoms with E-state index in [-0.39, 0.29) is 0 Å². The fourth-order valence-electron chi connectivity index (χ4n) is 4.68.